The van der Waals surface area contributed by atoms with Crippen LogP contribution in [0.15, 0.2) is 53.7 Å². The van der Waals surface area contributed by atoms with Crippen molar-refractivity contribution in [2.75, 3.05) is 11.9 Å². The van der Waals surface area contributed by atoms with E-state index in [1.807, 2.05) is 30.3 Å². The van der Waals surface area contributed by atoms with Crippen molar-refractivity contribution >= 4 is 17.8 Å². The Hall–Kier alpha value is -2.69. The zero-order valence-electron chi connectivity index (χ0n) is 11.5. The van der Waals surface area contributed by atoms with E-state index in [-0.39, 0.29) is 12.4 Å². The normalized spacial score (nSPS) is 10.6. The predicted molar refractivity (Wildman–Crippen MR) is 79.8 cm³/mol. The molecule has 0 atom stereocenters. The van der Waals surface area contributed by atoms with Gasteiger partial charge in [-0.3, -0.25) is 4.79 Å². The number of hydrogen-bond donors (Lipinski definition) is 1. The largest absolute Gasteiger partial charge is 0.386 e. The molecule has 1 amide bonds. The number of oxime groups is 1. The number of anilines is 1. The van der Waals surface area contributed by atoms with Gasteiger partial charge in [-0.15, -0.1) is 0 Å². The van der Waals surface area contributed by atoms with Crippen LogP contribution in [0.1, 0.15) is 11.1 Å². The highest BCUT2D eigenvalue weighted by Crippen LogP contribution is 2.13. The summed E-state index contributed by atoms with van der Waals surface area (Å²) in [5, 5.41) is 6.23. The molecule has 0 aromatic heterocycles. The molecule has 1 N–H and O–H groups in total. The fourth-order valence-electron chi connectivity index (χ4n) is 1.60. The Kier molecular flexibility index (Phi) is 5.04. The van der Waals surface area contributed by atoms with Gasteiger partial charge in [0.1, 0.15) is 5.82 Å². The molecular formula is C16H15FN2O2. The van der Waals surface area contributed by atoms with E-state index in [1.54, 1.807) is 19.1 Å². The van der Waals surface area contributed by atoms with E-state index < -0.39 is 5.91 Å². The van der Waals surface area contributed by atoms with Crippen LogP contribution in [-0.2, 0) is 9.63 Å². The maximum absolute atomic E-state index is 13.3. The molecule has 21 heavy (non-hydrogen) atoms. The lowest BCUT2D eigenvalue weighted by atomic mass is 10.2. The molecule has 0 radical (unpaired) electrons. The summed E-state index contributed by atoms with van der Waals surface area (Å²) in [6.45, 7) is 1.42. The maximum Gasteiger partial charge on any atom is 0.265 e. The van der Waals surface area contributed by atoms with Crippen LogP contribution in [0.3, 0.4) is 0 Å². The highest BCUT2D eigenvalue weighted by molar-refractivity contribution is 5.91. The van der Waals surface area contributed by atoms with Gasteiger partial charge in [-0.05, 0) is 30.2 Å². The molecule has 0 heterocycles. The predicted octanol–water partition coefficient (Wildman–Crippen LogP) is 3.12. The molecule has 5 heteroatoms. The van der Waals surface area contributed by atoms with Crippen molar-refractivity contribution in [3.63, 3.8) is 0 Å². The maximum atomic E-state index is 13.3. The van der Waals surface area contributed by atoms with Gasteiger partial charge in [0.25, 0.3) is 5.91 Å². The summed E-state index contributed by atoms with van der Waals surface area (Å²) in [6, 6.07) is 13.9. The summed E-state index contributed by atoms with van der Waals surface area (Å²) >= 11 is 0. The zero-order chi connectivity index (χ0) is 15.1. The standard InChI is InChI=1S/C16H15FN2O2/c1-12-7-8-14(9-15(12)17)19-16(20)11-21-18-10-13-5-3-2-4-6-13/h2-10H,11H2,1H3,(H,19,20)/b18-10+. The summed E-state index contributed by atoms with van der Waals surface area (Å²) < 4.78 is 13.3. The van der Waals surface area contributed by atoms with Crippen molar-refractivity contribution in [1.82, 2.24) is 0 Å². The average molecular weight is 286 g/mol. The second-order valence-corrected chi connectivity index (χ2v) is 4.43. The molecule has 0 unspecified atom stereocenters. The molecule has 0 fully saturated rings. The third-order valence-corrected chi connectivity index (χ3v) is 2.73. The molecule has 0 aliphatic carbocycles. The minimum Gasteiger partial charge on any atom is -0.386 e. The zero-order valence-corrected chi connectivity index (χ0v) is 11.5. The van der Waals surface area contributed by atoms with Crippen molar-refractivity contribution in [1.29, 1.82) is 0 Å². The lowest BCUT2D eigenvalue weighted by molar-refractivity contribution is -0.120. The minimum absolute atomic E-state index is 0.237. The van der Waals surface area contributed by atoms with E-state index in [9.17, 15) is 9.18 Å². The lowest BCUT2D eigenvalue weighted by Gasteiger charge is -2.05. The van der Waals surface area contributed by atoms with E-state index in [0.29, 0.717) is 11.3 Å². The van der Waals surface area contributed by atoms with E-state index in [1.165, 1.54) is 12.3 Å². The van der Waals surface area contributed by atoms with Crippen LogP contribution in [0.2, 0.25) is 0 Å². The Morgan fingerprint density at radius 2 is 2.05 bits per heavy atom. The molecule has 2 rings (SSSR count). The summed E-state index contributed by atoms with van der Waals surface area (Å²) in [7, 11) is 0. The quantitative estimate of drug-likeness (QED) is 0.678. The minimum atomic E-state index is -0.400. The van der Waals surface area contributed by atoms with Gasteiger partial charge in [-0.1, -0.05) is 41.6 Å². The van der Waals surface area contributed by atoms with Crippen LogP contribution in [0.4, 0.5) is 10.1 Å². The Labute approximate surface area is 122 Å². The monoisotopic (exact) mass is 286 g/mol. The van der Waals surface area contributed by atoms with Gasteiger partial charge in [-0.2, -0.15) is 0 Å². The first-order valence-corrected chi connectivity index (χ1v) is 6.41. The molecule has 2 aromatic carbocycles. The third-order valence-electron chi connectivity index (χ3n) is 2.73. The lowest BCUT2D eigenvalue weighted by Crippen LogP contribution is -2.17. The van der Waals surface area contributed by atoms with Gasteiger partial charge in [0.05, 0.1) is 6.21 Å². The molecule has 2 aromatic rings. The van der Waals surface area contributed by atoms with Crippen LogP contribution in [0, 0.1) is 12.7 Å². The molecule has 0 aliphatic heterocycles. The summed E-state index contributed by atoms with van der Waals surface area (Å²) in [5.41, 5.74) is 1.79. The molecule has 0 spiro atoms. The molecular weight excluding hydrogens is 271 g/mol. The highest BCUT2D eigenvalue weighted by atomic mass is 19.1. The number of benzene rings is 2. The molecule has 0 aliphatic rings. The Balaban J connectivity index is 1.79. The number of nitrogens with zero attached hydrogens (tertiary/aromatic N) is 1. The van der Waals surface area contributed by atoms with Crippen LogP contribution in [-0.4, -0.2) is 18.7 Å². The first-order valence-electron chi connectivity index (χ1n) is 6.41. The number of rotatable bonds is 5. The van der Waals surface area contributed by atoms with Crippen LogP contribution >= 0.6 is 0 Å². The number of carbonyl (C=O) groups excluding carboxylic acids is 1. The second kappa shape index (κ2) is 7.19. The van der Waals surface area contributed by atoms with Gasteiger partial charge in [0, 0.05) is 5.69 Å². The number of nitrogens with one attached hydrogen (secondary N) is 1. The van der Waals surface area contributed by atoms with Crippen molar-refractivity contribution in [2.24, 2.45) is 5.16 Å². The molecule has 108 valence electrons. The van der Waals surface area contributed by atoms with E-state index in [0.717, 1.165) is 5.56 Å². The third kappa shape index (κ3) is 4.72. The molecule has 0 saturated carbocycles. The molecule has 0 bridgehead atoms. The molecule has 4 nitrogen and oxygen atoms in total. The topological polar surface area (TPSA) is 50.7 Å². The second-order valence-electron chi connectivity index (χ2n) is 4.43. The van der Waals surface area contributed by atoms with Gasteiger partial charge >= 0.3 is 0 Å². The van der Waals surface area contributed by atoms with Gasteiger partial charge in [0.15, 0.2) is 6.61 Å². The SMILES string of the molecule is Cc1ccc(NC(=O)CO/N=C/c2ccccc2)cc1F. The van der Waals surface area contributed by atoms with E-state index >= 15 is 0 Å². The Bertz CT molecular complexity index is 642. The fourth-order valence-corrected chi connectivity index (χ4v) is 1.60. The number of aryl methyl sites for hydroxylation is 1. The smallest absolute Gasteiger partial charge is 0.265 e. The number of hydrogen-bond acceptors (Lipinski definition) is 3. The van der Waals surface area contributed by atoms with Crippen molar-refractivity contribution < 1.29 is 14.0 Å². The van der Waals surface area contributed by atoms with E-state index in [2.05, 4.69) is 10.5 Å². The highest BCUT2D eigenvalue weighted by Gasteiger charge is 2.04. The first kappa shape index (κ1) is 14.7. The van der Waals surface area contributed by atoms with Crippen molar-refractivity contribution in [3.8, 4) is 0 Å². The van der Waals surface area contributed by atoms with Gasteiger partial charge < -0.3 is 10.2 Å². The molecule has 0 saturated heterocycles. The van der Waals surface area contributed by atoms with Crippen LogP contribution < -0.4 is 5.32 Å². The van der Waals surface area contributed by atoms with Gasteiger partial charge in [-0.25, -0.2) is 4.39 Å². The summed E-state index contributed by atoms with van der Waals surface area (Å²) in [5.74, 6) is -0.765. The van der Waals surface area contributed by atoms with Crippen LogP contribution in [0.5, 0.6) is 0 Å². The van der Waals surface area contributed by atoms with Gasteiger partial charge in [0.2, 0.25) is 0 Å². The average Bonchev–Trinajstić information content (AvgIpc) is 2.49. The van der Waals surface area contributed by atoms with E-state index in [4.69, 9.17) is 4.84 Å². The number of carbonyl (C=O) groups is 1. The first-order chi connectivity index (χ1) is 10.1. The number of halogens is 1. The van der Waals surface area contributed by atoms with Crippen molar-refractivity contribution in [2.45, 2.75) is 6.92 Å². The summed E-state index contributed by atoms with van der Waals surface area (Å²) in [4.78, 5) is 16.5. The Morgan fingerprint density at radius 3 is 2.76 bits per heavy atom. The summed E-state index contributed by atoms with van der Waals surface area (Å²) in [6.07, 6.45) is 1.51. The fraction of sp³-hybridized carbons (Fsp3) is 0.125. The Morgan fingerprint density at radius 1 is 1.29 bits per heavy atom. The van der Waals surface area contributed by atoms with Crippen molar-refractivity contribution in [3.05, 3.63) is 65.5 Å². The van der Waals surface area contributed by atoms with Crippen LogP contribution in [0.25, 0.3) is 0 Å². The number of amides is 1.